The Morgan fingerprint density at radius 3 is 2.76 bits per heavy atom. The molecule has 4 heteroatoms. The minimum absolute atomic E-state index is 0.247. The number of likely N-dealkylation sites (tertiary alicyclic amines) is 1. The summed E-state index contributed by atoms with van der Waals surface area (Å²) >= 11 is 0. The van der Waals surface area contributed by atoms with E-state index in [-0.39, 0.29) is 5.92 Å². The maximum Gasteiger partial charge on any atom is 0.227 e. The van der Waals surface area contributed by atoms with Crippen LogP contribution in [0.3, 0.4) is 0 Å². The molecule has 4 nitrogen and oxygen atoms in total. The zero-order valence-electron chi connectivity index (χ0n) is 10.7. The number of amides is 1. The van der Waals surface area contributed by atoms with Crippen LogP contribution in [0.15, 0.2) is 0 Å². The number of rotatable bonds is 1. The van der Waals surface area contributed by atoms with E-state index in [1.54, 1.807) is 0 Å². The van der Waals surface area contributed by atoms with Crippen LogP contribution in [-0.4, -0.2) is 61.0 Å². The second kappa shape index (κ2) is 4.58. The molecule has 3 aliphatic heterocycles. The second-order valence-corrected chi connectivity index (χ2v) is 5.81. The van der Waals surface area contributed by atoms with Crippen molar-refractivity contribution in [1.29, 1.82) is 0 Å². The molecular weight excluding hydrogens is 214 g/mol. The lowest BCUT2D eigenvalue weighted by Gasteiger charge is -2.27. The van der Waals surface area contributed by atoms with Crippen LogP contribution >= 0.6 is 0 Å². The van der Waals surface area contributed by atoms with Gasteiger partial charge >= 0.3 is 0 Å². The minimum atomic E-state index is 0.247. The van der Waals surface area contributed by atoms with Gasteiger partial charge in [-0.3, -0.25) is 9.69 Å². The summed E-state index contributed by atoms with van der Waals surface area (Å²) in [5, 5.41) is 3.29. The van der Waals surface area contributed by atoms with E-state index in [4.69, 9.17) is 0 Å². The molecule has 3 saturated heterocycles. The molecule has 0 saturated carbocycles. The molecule has 0 aromatic heterocycles. The van der Waals surface area contributed by atoms with Crippen LogP contribution in [-0.2, 0) is 4.79 Å². The van der Waals surface area contributed by atoms with Crippen molar-refractivity contribution in [2.75, 3.05) is 33.2 Å². The summed E-state index contributed by atoms with van der Waals surface area (Å²) in [6, 6.07) is 1.33. The predicted molar refractivity (Wildman–Crippen MR) is 66.7 cm³/mol. The van der Waals surface area contributed by atoms with Gasteiger partial charge in [0.2, 0.25) is 5.91 Å². The molecule has 0 aliphatic carbocycles. The molecule has 3 rings (SSSR count). The Kier molecular flexibility index (Phi) is 3.09. The van der Waals surface area contributed by atoms with Crippen molar-refractivity contribution in [2.45, 2.75) is 37.8 Å². The normalized spacial score (nSPS) is 38.4. The van der Waals surface area contributed by atoms with Crippen LogP contribution in [0.4, 0.5) is 0 Å². The molecule has 1 N–H and O–H groups in total. The van der Waals surface area contributed by atoms with E-state index in [2.05, 4.69) is 22.2 Å². The first-order valence-corrected chi connectivity index (χ1v) is 6.97. The highest BCUT2D eigenvalue weighted by Crippen LogP contribution is 2.29. The van der Waals surface area contributed by atoms with Gasteiger partial charge < -0.3 is 10.2 Å². The van der Waals surface area contributed by atoms with Crippen molar-refractivity contribution in [3.05, 3.63) is 0 Å². The molecule has 3 unspecified atom stereocenters. The van der Waals surface area contributed by atoms with Gasteiger partial charge in [0.1, 0.15) is 0 Å². The first-order valence-electron chi connectivity index (χ1n) is 6.97. The van der Waals surface area contributed by atoms with Gasteiger partial charge in [-0.2, -0.15) is 0 Å². The average molecular weight is 237 g/mol. The van der Waals surface area contributed by atoms with Crippen molar-refractivity contribution >= 4 is 5.91 Å². The van der Waals surface area contributed by atoms with E-state index in [1.165, 1.54) is 19.3 Å². The summed E-state index contributed by atoms with van der Waals surface area (Å²) in [4.78, 5) is 17.0. The Bertz CT molecular complexity index is 301. The summed E-state index contributed by atoms with van der Waals surface area (Å²) in [7, 11) is 2.23. The molecule has 0 radical (unpaired) electrons. The van der Waals surface area contributed by atoms with Crippen molar-refractivity contribution in [3.8, 4) is 0 Å². The van der Waals surface area contributed by atoms with E-state index in [0.29, 0.717) is 11.9 Å². The molecule has 0 aromatic carbocycles. The van der Waals surface area contributed by atoms with Gasteiger partial charge in [-0.25, -0.2) is 0 Å². The largest absolute Gasteiger partial charge is 0.341 e. The molecule has 3 heterocycles. The van der Waals surface area contributed by atoms with Crippen molar-refractivity contribution in [1.82, 2.24) is 15.1 Å². The minimum Gasteiger partial charge on any atom is -0.341 e. The summed E-state index contributed by atoms with van der Waals surface area (Å²) in [5.41, 5.74) is 0. The van der Waals surface area contributed by atoms with E-state index in [0.717, 1.165) is 38.6 Å². The van der Waals surface area contributed by atoms with Gasteiger partial charge in [0.05, 0.1) is 5.92 Å². The summed E-state index contributed by atoms with van der Waals surface area (Å²) in [6.07, 6.45) is 4.79. The van der Waals surface area contributed by atoms with Crippen molar-refractivity contribution < 1.29 is 4.79 Å². The molecule has 17 heavy (non-hydrogen) atoms. The van der Waals surface area contributed by atoms with Crippen molar-refractivity contribution in [3.63, 3.8) is 0 Å². The first-order chi connectivity index (χ1) is 8.25. The van der Waals surface area contributed by atoms with Crippen LogP contribution < -0.4 is 5.32 Å². The Morgan fingerprint density at radius 2 is 2.00 bits per heavy atom. The summed E-state index contributed by atoms with van der Waals surface area (Å²) < 4.78 is 0. The lowest BCUT2D eigenvalue weighted by atomic mass is 10.0. The molecule has 96 valence electrons. The van der Waals surface area contributed by atoms with Crippen LogP contribution in [0.1, 0.15) is 25.7 Å². The lowest BCUT2D eigenvalue weighted by Crippen LogP contribution is -2.42. The van der Waals surface area contributed by atoms with Gasteiger partial charge in [0.25, 0.3) is 0 Å². The molecule has 2 bridgehead atoms. The summed E-state index contributed by atoms with van der Waals surface area (Å²) in [5.74, 6) is 0.646. The molecule has 0 spiro atoms. The fourth-order valence-corrected chi connectivity index (χ4v) is 3.63. The zero-order valence-corrected chi connectivity index (χ0v) is 10.7. The fourth-order valence-electron chi connectivity index (χ4n) is 3.63. The maximum absolute atomic E-state index is 12.4. The number of likely N-dealkylation sites (N-methyl/N-ethyl adjacent to an activating group) is 1. The van der Waals surface area contributed by atoms with Crippen molar-refractivity contribution in [2.24, 2.45) is 5.92 Å². The zero-order chi connectivity index (χ0) is 11.8. The third-order valence-electron chi connectivity index (χ3n) is 4.87. The number of hydrogen-bond donors (Lipinski definition) is 1. The fraction of sp³-hybridized carbons (Fsp3) is 0.923. The van der Waals surface area contributed by atoms with Crippen LogP contribution in [0.25, 0.3) is 0 Å². The highest BCUT2D eigenvalue weighted by atomic mass is 16.2. The van der Waals surface area contributed by atoms with Crippen LogP contribution in [0.5, 0.6) is 0 Å². The van der Waals surface area contributed by atoms with E-state index >= 15 is 0 Å². The maximum atomic E-state index is 12.4. The second-order valence-electron chi connectivity index (χ2n) is 5.81. The highest BCUT2D eigenvalue weighted by molar-refractivity contribution is 5.79. The smallest absolute Gasteiger partial charge is 0.227 e. The van der Waals surface area contributed by atoms with Gasteiger partial charge in [-0.05, 0) is 39.3 Å². The standard InChI is InChI=1S/C13H23N3O/c1-15-11-2-3-12(15)9-16(7-5-11)13(17)10-4-6-14-8-10/h10-12,14H,2-9H2,1H3. The van der Waals surface area contributed by atoms with Crippen LogP contribution in [0.2, 0.25) is 0 Å². The van der Waals surface area contributed by atoms with Gasteiger partial charge in [-0.1, -0.05) is 0 Å². The molecule has 3 aliphatic rings. The number of nitrogens with one attached hydrogen (secondary N) is 1. The average Bonchev–Trinajstić information content (AvgIpc) is 2.88. The quantitative estimate of drug-likeness (QED) is 0.712. The van der Waals surface area contributed by atoms with E-state index < -0.39 is 0 Å². The Hall–Kier alpha value is -0.610. The molecule has 0 aromatic rings. The molecular formula is C13H23N3O. The number of carbonyl (C=O) groups excluding carboxylic acids is 1. The van der Waals surface area contributed by atoms with Gasteiger partial charge in [0.15, 0.2) is 0 Å². The molecule has 1 amide bonds. The monoisotopic (exact) mass is 237 g/mol. The Labute approximate surface area is 103 Å². The molecule has 3 fully saturated rings. The lowest BCUT2D eigenvalue weighted by molar-refractivity contribution is -0.135. The number of carbonyl (C=O) groups is 1. The number of nitrogens with zero attached hydrogens (tertiary/aromatic N) is 2. The first kappa shape index (κ1) is 11.5. The topological polar surface area (TPSA) is 35.6 Å². The van der Waals surface area contributed by atoms with Gasteiger partial charge in [0, 0.05) is 31.7 Å². The third kappa shape index (κ3) is 2.08. The van der Waals surface area contributed by atoms with Crippen LogP contribution in [0, 0.1) is 5.92 Å². The predicted octanol–water partition coefficient (Wildman–Crippen LogP) is 0.291. The molecule has 3 atom stereocenters. The number of fused-ring (bicyclic) bond motifs is 2. The van der Waals surface area contributed by atoms with Gasteiger partial charge in [-0.15, -0.1) is 0 Å². The Balaban J connectivity index is 1.66. The Morgan fingerprint density at radius 1 is 1.18 bits per heavy atom. The summed E-state index contributed by atoms with van der Waals surface area (Å²) in [6.45, 7) is 3.83. The van der Waals surface area contributed by atoms with E-state index in [9.17, 15) is 4.79 Å². The highest BCUT2D eigenvalue weighted by Gasteiger charge is 2.37. The SMILES string of the molecule is CN1C2CCC1CN(C(=O)C1CCNC1)CC2. The van der Waals surface area contributed by atoms with E-state index in [1.807, 2.05) is 0 Å². The third-order valence-corrected chi connectivity index (χ3v) is 4.87. The number of hydrogen-bond acceptors (Lipinski definition) is 3.